The number of Topliss-reactive ketones (excluding diaryl/α,β-unsaturated/α-hetero) is 1. The van der Waals surface area contributed by atoms with E-state index in [9.17, 15) is 9.59 Å². The second kappa shape index (κ2) is 7.28. The predicted octanol–water partition coefficient (Wildman–Crippen LogP) is 1.99. The molecular weight excluding hydrogens is 224 g/mol. The van der Waals surface area contributed by atoms with Crippen LogP contribution in [0.15, 0.2) is 0 Å². The van der Waals surface area contributed by atoms with Gasteiger partial charge in [-0.25, -0.2) is 0 Å². The lowest BCUT2D eigenvalue weighted by Gasteiger charge is -1.96. The fourth-order valence-corrected chi connectivity index (χ4v) is 1.25. The maximum atomic E-state index is 10.8. The molecule has 0 aromatic heterocycles. The highest BCUT2D eigenvalue weighted by Gasteiger charge is 2.06. The number of ketones is 1. The van der Waals surface area contributed by atoms with Gasteiger partial charge in [-0.15, -0.1) is 0 Å². The van der Waals surface area contributed by atoms with Crippen LogP contribution in [0, 0.1) is 0 Å². The molecule has 0 spiro atoms. The van der Waals surface area contributed by atoms with Crippen molar-refractivity contribution in [3.05, 3.63) is 0 Å². The lowest BCUT2D eigenvalue weighted by atomic mass is 10.1. The first-order valence-electron chi connectivity index (χ1n) is 3.96. The third-order valence-corrected chi connectivity index (χ3v) is 2.00. The van der Waals surface area contributed by atoms with Crippen molar-refractivity contribution in [1.82, 2.24) is 0 Å². The van der Waals surface area contributed by atoms with Gasteiger partial charge in [-0.1, -0.05) is 22.4 Å². The largest absolute Gasteiger partial charge is 0.481 e. The summed E-state index contributed by atoms with van der Waals surface area (Å²) in [6, 6.07) is 0. The van der Waals surface area contributed by atoms with Crippen LogP contribution in [-0.2, 0) is 9.59 Å². The van der Waals surface area contributed by atoms with Gasteiger partial charge in [0, 0.05) is 11.8 Å². The zero-order valence-corrected chi connectivity index (χ0v) is 8.47. The molecule has 0 fully saturated rings. The Balaban J connectivity index is 3.26. The molecule has 0 unspecified atom stereocenters. The van der Waals surface area contributed by atoms with Crippen LogP contribution in [0.4, 0.5) is 0 Å². The first-order valence-corrected chi connectivity index (χ1v) is 5.08. The lowest BCUT2D eigenvalue weighted by molar-refractivity contribution is -0.140. The number of carbonyl (C=O) groups excluding carboxylic acids is 1. The Morgan fingerprint density at radius 3 is 2.33 bits per heavy atom. The molecule has 0 bridgehead atoms. The SMILES string of the molecule is O=C(O)CC(=O)CCCCCBr. The number of hydrogen-bond acceptors (Lipinski definition) is 2. The monoisotopic (exact) mass is 236 g/mol. The van der Waals surface area contributed by atoms with Crippen molar-refractivity contribution in [2.24, 2.45) is 0 Å². The van der Waals surface area contributed by atoms with Crippen molar-refractivity contribution in [3.8, 4) is 0 Å². The molecule has 4 heteroatoms. The maximum absolute atomic E-state index is 10.8. The van der Waals surface area contributed by atoms with Gasteiger partial charge < -0.3 is 5.11 Å². The van der Waals surface area contributed by atoms with Crippen LogP contribution in [0.25, 0.3) is 0 Å². The smallest absolute Gasteiger partial charge is 0.310 e. The fraction of sp³-hybridized carbons (Fsp3) is 0.750. The molecule has 0 aromatic carbocycles. The molecular formula is C8H13BrO3. The number of hydrogen-bond donors (Lipinski definition) is 1. The van der Waals surface area contributed by atoms with Gasteiger partial charge in [0.25, 0.3) is 0 Å². The van der Waals surface area contributed by atoms with Gasteiger partial charge in [0.05, 0.1) is 0 Å². The van der Waals surface area contributed by atoms with Crippen LogP contribution in [0.3, 0.4) is 0 Å². The number of carboxylic acids is 1. The van der Waals surface area contributed by atoms with Crippen molar-refractivity contribution in [2.75, 3.05) is 5.33 Å². The van der Waals surface area contributed by atoms with Crippen LogP contribution < -0.4 is 0 Å². The van der Waals surface area contributed by atoms with Crippen molar-refractivity contribution in [1.29, 1.82) is 0 Å². The second-order valence-corrected chi connectivity index (χ2v) is 3.40. The summed E-state index contributed by atoms with van der Waals surface area (Å²) < 4.78 is 0. The summed E-state index contributed by atoms with van der Waals surface area (Å²) in [6.07, 6.45) is 2.91. The molecule has 12 heavy (non-hydrogen) atoms. The van der Waals surface area contributed by atoms with Gasteiger partial charge in [0.2, 0.25) is 0 Å². The van der Waals surface area contributed by atoms with Crippen molar-refractivity contribution >= 4 is 27.7 Å². The normalized spacial score (nSPS) is 9.75. The van der Waals surface area contributed by atoms with Gasteiger partial charge in [-0.2, -0.15) is 0 Å². The van der Waals surface area contributed by atoms with Crippen LogP contribution >= 0.6 is 15.9 Å². The van der Waals surface area contributed by atoms with Crippen LogP contribution in [0.2, 0.25) is 0 Å². The van der Waals surface area contributed by atoms with E-state index in [0.717, 1.165) is 24.6 Å². The summed E-state index contributed by atoms with van der Waals surface area (Å²) in [5.74, 6) is -1.20. The maximum Gasteiger partial charge on any atom is 0.310 e. The minimum atomic E-state index is -1.03. The number of halogens is 1. The second-order valence-electron chi connectivity index (χ2n) is 2.61. The summed E-state index contributed by atoms with van der Waals surface area (Å²) in [5, 5.41) is 9.20. The molecule has 0 rings (SSSR count). The number of rotatable bonds is 7. The average molecular weight is 237 g/mol. The Morgan fingerprint density at radius 1 is 1.17 bits per heavy atom. The standard InChI is InChI=1S/C8H13BrO3/c9-5-3-1-2-4-7(10)6-8(11)12/h1-6H2,(H,11,12). The van der Waals surface area contributed by atoms with Gasteiger partial charge >= 0.3 is 5.97 Å². The van der Waals surface area contributed by atoms with E-state index in [-0.39, 0.29) is 12.2 Å². The number of unbranched alkanes of at least 4 members (excludes halogenated alkanes) is 2. The molecule has 0 aliphatic heterocycles. The minimum Gasteiger partial charge on any atom is -0.481 e. The topological polar surface area (TPSA) is 54.4 Å². The first kappa shape index (κ1) is 11.6. The van der Waals surface area contributed by atoms with Crippen molar-refractivity contribution in [3.63, 3.8) is 0 Å². The Labute approximate surface area is 80.3 Å². The van der Waals surface area contributed by atoms with Crippen LogP contribution in [-0.4, -0.2) is 22.2 Å². The number of carboxylic acid groups (broad SMARTS) is 1. The van der Waals surface area contributed by atoms with E-state index >= 15 is 0 Å². The van der Waals surface area contributed by atoms with Gasteiger partial charge in [0.1, 0.15) is 12.2 Å². The molecule has 70 valence electrons. The van der Waals surface area contributed by atoms with Crippen molar-refractivity contribution in [2.45, 2.75) is 32.1 Å². The van der Waals surface area contributed by atoms with E-state index in [1.165, 1.54) is 0 Å². The van der Waals surface area contributed by atoms with Crippen molar-refractivity contribution < 1.29 is 14.7 Å². The summed E-state index contributed by atoms with van der Waals surface area (Å²) in [7, 11) is 0. The highest BCUT2D eigenvalue weighted by Crippen LogP contribution is 2.03. The highest BCUT2D eigenvalue weighted by atomic mass is 79.9. The van der Waals surface area contributed by atoms with Crippen LogP contribution in [0.1, 0.15) is 32.1 Å². The third kappa shape index (κ3) is 7.72. The van der Waals surface area contributed by atoms with E-state index in [0.29, 0.717) is 6.42 Å². The molecule has 0 amide bonds. The molecule has 0 radical (unpaired) electrons. The van der Waals surface area contributed by atoms with Gasteiger partial charge in [0.15, 0.2) is 0 Å². The quantitative estimate of drug-likeness (QED) is 0.418. The predicted molar refractivity (Wildman–Crippen MR) is 49.5 cm³/mol. The van der Waals surface area contributed by atoms with E-state index in [1.54, 1.807) is 0 Å². The summed E-state index contributed by atoms with van der Waals surface area (Å²) in [4.78, 5) is 20.9. The summed E-state index contributed by atoms with van der Waals surface area (Å²) in [5.41, 5.74) is 0. The van der Waals surface area contributed by atoms with E-state index < -0.39 is 5.97 Å². The molecule has 3 nitrogen and oxygen atoms in total. The Kier molecular flexibility index (Phi) is 7.05. The number of alkyl halides is 1. The van der Waals surface area contributed by atoms with E-state index in [2.05, 4.69) is 15.9 Å². The van der Waals surface area contributed by atoms with E-state index in [1.807, 2.05) is 0 Å². The molecule has 0 aliphatic rings. The average Bonchev–Trinajstić information content (AvgIpc) is 1.97. The molecule has 1 N–H and O–H groups in total. The fourth-order valence-electron chi connectivity index (χ4n) is 0.850. The number of carbonyl (C=O) groups is 2. The summed E-state index contributed by atoms with van der Waals surface area (Å²) >= 11 is 3.28. The van der Waals surface area contributed by atoms with Crippen LogP contribution in [0.5, 0.6) is 0 Å². The zero-order valence-electron chi connectivity index (χ0n) is 6.88. The molecule has 0 atom stereocenters. The first-order chi connectivity index (χ1) is 5.66. The Bertz CT molecular complexity index is 156. The minimum absolute atomic E-state index is 0.169. The Morgan fingerprint density at radius 2 is 1.83 bits per heavy atom. The molecule has 0 heterocycles. The molecule has 0 saturated heterocycles. The number of aliphatic carboxylic acids is 1. The third-order valence-electron chi connectivity index (χ3n) is 1.44. The molecule has 0 aliphatic carbocycles. The molecule has 0 aromatic rings. The van der Waals surface area contributed by atoms with Gasteiger partial charge in [-0.05, 0) is 12.8 Å². The summed E-state index contributed by atoms with van der Waals surface area (Å²) in [6.45, 7) is 0. The zero-order chi connectivity index (χ0) is 9.40. The van der Waals surface area contributed by atoms with E-state index in [4.69, 9.17) is 5.11 Å². The molecule has 0 saturated carbocycles. The lowest BCUT2D eigenvalue weighted by Crippen LogP contribution is -2.05. The van der Waals surface area contributed by atoms with Gasteiger partial charge in [-0.3, -0.25) is 9.59 Å². The highest BCUT2D eigenvalue weighted by molar-refractivity contribution is 9.09. The Hall–Kier alpha value is -0.380.